The van der Waals surface area contributed by atoms with Gasteiger partial charge >= 0.3 is 0 Å². The average Bonchev–Trinajstić information content (AvgIpc) is 3.09. The smallest absolute Gasteiger partial charge is 0.183 e. The van der Waals surface area contributed by atoms with Gasteiger partial charge in [-0.25, -0.2) is 4.98 Å². The number of nitrogens with zero attached hydrogens (tertiary/aromatic N) is 2. The second-order valence-corrected chi connectivity index (χ2v) is 6.96. The van der Waals surface area contributed by atoms with Crippen LogP contribution in [0, 0.1) is 0 Å². The second kappa shape index (κ2) is 8.10. The van der Waals surface area contributed by atoms with E-state index in [0.717, 1.165) is 47.0 Å². The van der Waals surface area contributed by atoms with Gasteiger partial charge in [-0.15, -0.1) is 22.7 Å². The molecule has 0 saturated carbocycles. The zero-order chi connectivity index (χ0) is 15.2. The number of likely N-dealkylation sites (N-methyl/N-ethyl adjacent to an activating group) is 1. The molecule has 0 aliphatic carbocycles. The zero-order valence-corrected chi connectivity index (χ0v) is 14.9. The van der Waals surface area contributed by atoms with E-state index in [1.807, 2.05) is 18.5 Å². The summed E-state index contributed by atoms with van der Waals surface area (Å²) in [4.78, 5) is 9.42. The number of thiophene rings is 1. The summed E-state index contributed by atoms with van der Waals surface area (Å²) in [5.74, 6) is 0. The van der Waals surface area contributed by atoms with Crippen LogP contribution >= 0.6 is 34.3 Å². The van der Waals surface area contributed by atoms with Gasteiger partial charge in [0.2, 0.25) is 0 Å². The van der Waals surface area contributed by atoms with Crippen LogP contribution in [0.3, 0.4) is 0 Å². The van der Waals surface area contributed by atoms with E-state index < -0.39 is 0 Å². The summed E-state index contributed by atoms with van der Waals surface area (Å²) in [6, 6.07) is 1.98. The molecule has 0 unspecified atom stereocenters. The minimum atomic E-state index is 0.742. The van der Waals surface area contributed by atoms with Gasteiger partial charge in [-0.2, -0.15) is 0 Å². The Kier molecular flexibility index (Phi) is 6.44. The first kappa shape index (κ1) is 16.7. The first-order valence-electron chi connectivity index (χ1n) is 6.81. The van der Waals surface area contributed by atoms with Crippen molar-refractivity contribution in [3.63, 3.8) is 0 Å². The van der Waals surface area contributed by atoms with Crippen molar-refractivity contribution in [3.8, 4) is 10.6 Å². The Bertz CT molecular complexity index is 570. The summed E-state index contributed by atoms with van der Waals surface area (Å²) in [6.45, 7) is 5.69. The van der Waals surface area contributed by atoms with Gasteiger partial charge in [0.25, 0.3) is 0 Å². The maximum absolute atomic E-state index is 6.05. The lowest BCUT2D eigenvalue weighted by atomic mass is 10.3. The van der Waals surface area contributed by atoms with E-state index in [9.17, 15) is 0 Å². The van der Waals surface area contributed by atoms with Gasteiger partial charge in [-0.05, 0) is 12.6 Å². The van der Waals surface area contributed by atoms with Crippen LogP contribution in [0.2, 0.25) is 5.02 Å². The Morgan fingerprint density at radius 1 is 1.48 bits per heavy atom. The predicted octanol–water partition coefficient (Wildman–Crippen LogP) is 4.04. The summed E-state index contributed by atoms with van der Waals surface area (Å²) >= 11 is 9.38. The number of hydrogen-bond acceptors (Lipinski definition) is 6. The maximum Gasteiger partial charge on any atom is 0.183 e. The van der Waals surface area contributed by atoms with Crippen molar-refractivity contribution in [3.05, 3.63) is 21.3 Å². The van der Waals surface area contributed by atoms with E-state index in [4.69, 9.17) is 16.3 Å². The molecular weight excluding hydrogens is 326 g/mol. The molecule has 2 heterocycles. The summed E-state index contributed by atoms with van der Waals surface area (Å²) in [6.07, 6.45) is 0. The molecule has 0 spiro atoms. The van der Waals surface area contributed by atoms with Crippen LogP contribution in [0.1, 0.15) is 11.8 Å². The van der Waals surface area contributed by atoms with Crippen LogP contribution in [-0.4, -0.2) is 43.7 Å². The molecule has 2 aromatic rings. The molecule has 0 aliphatic rings. The zero-order valence-electron chi connectivity index (χ0n) is 12.5. The monoisotopic (exact) mass is 345 g/mol. The Morgan fingerprint density at radius 3 is 2.86 bits per heavy atom. The topological polar surface area (TPSA) is 37.4 Å². The van der Waals surface area contributed by atoms with Crippen molar-refractivity contribution < 1.29 is 4.74 Å². The molecule has 0 aromatic carbocycles. The number of ether oxygens (including phenoxy) is 1. The van der Waals surface area contributed by atoms with Gasteiger partial charge in [0.05, 0.1) is 22.2 Å². The third kappa shape index (κ3) is 4.40. The Hall–Kier alpha value is -0.660. The molecule has 1 N–H and O–H groups in total. The average molecular weight is 346 g/mol. The van der Waals surface area contributed by atoms with Gasteiger partial charge in [-0.1, -0.05) is 18.5 Å². The lowest BCUT2D eigenvalue weighted by Crippen LogP contribution is -2.26. The van der Waals surface area contributed by atoms with Gasteiger partial charge in [-0.3, -0.25) is 4.90 Å². The molecule has 0 radical (unpaired) electrons. The van der Waals surface area contributed by atoms with E-state index in [0.29, 0.717) is 0 Å². The standard InChI is InChI=1S/C14H20ClN3OS2/c1-4-18(5-6-19-3)8-12-13(17-14(16-2)21-12)11-7-10(15)9-20-11/h7,9H,4-6,8H2,1-3H3,(H,16,17). The number of halogens is 1. The van der Waals surface area contributed by atoms with Crippen molar-refractivity contribution in [2.75, 3.05) is 39.2 Å². The van der Waals surface area contributed by atoms with Crippen molar-refractivity contribution in [1.82, 2.24) is 9.88 Å². The third-order valence-corrected chi connectivity index (χ3v) is 5.48. The van der Waals surface area contributed by atoms with Crippen LogP contribution < -0.4 is 5.32 Å². The highest BCUT2D eigenvalue weighted by atomic mass is 35.5. The van der Waals surface area contributed by atoms with Crippen LogP contribution in [0.4, 0.5) is 5.13 Å². The molecule has 2 rings (SSSR count). The van der Waals surface area contributed by atoms with Crippen molar-refractivity contribution in [2.45, 2.75) is 13.5 Å². The van der Waals surface area contributed by atoms with Crippen LogP contribution in [0.15, 0.2) is 11.4 Å². The van der Waals surface area contributed by atoms with Crippen LogP contribution in [-0.2, 0) is 11.3 Å². The molecule has 0 bridgehead atoms. The third-order valence-electron chi connectivity index (χ3n) is 3.14. The van der Waals surface area contributed by atoms with Crippen molar-refractivity contribution in [1.29, 1.82) is 0 Å². The lowest BCUT2D eigenvalue weighted by Gasteiger charge is -2.19. The number of methoxy groups -OCH3 is 1. The van der Waals surface area contributed by atoms with E-state index in [1.54, 1.807) is 29.8 Å². The van der Waals surface area contributed by atoms with Crippen molar-refractivity contribution in [2.24, 2.45) is 0 Å². The molecule has 7 heteroatoms. The van der Waals surface area contributed by atoms with Crippen molar-refractivity contribution >= 4 is 39.4 Å². The molecule has 116 valence electrons. The van der Waals surface area contributed by atoms with Gasteiger partial charge in [0.1, 0.15) is 0 Å². The second-order valence-electron chi connectivity index (χ2n) is 4.53. The molecule has 2 aromatic heterocycles. The molecule has 21 heavy (non-hydrogen) atoms. The number of thiazole rings is 1. The lowest BCUT2D eigenvalue weighted by molar-refractivity contribution is 0.148. The largest absolute Gasteiger partial charge is 0.383 e. The van der Waals surface area contributed by atoms with Crippen LogP contribution in [0.25, 0.3) is 10.6 Å². The van der Waals surface area contributed by atoms with Gasteiger partial charge < -0.3 is 10.1 Å². The SMILES string of the molecule is CCN(CCOC)Cc1sc(NC)nc1-c1cc(Cl)cs1. The first-order valence-corrected chi connectivity index (χ1v) is 8.88. The normalized spacial score (nSPS) is 11.3. The number of aromatic nitrogens is 1. The van der Waals surface area contributed by atoms with E-state index in [-0.39, 0.29) is 0 Å². The predicted molar refractivity (Wildman–Crippen MR) is 92.8 cm³/mol. The number of nitrogens with one attached hydrogen (secondary N) is 1. The summed E-state index contributed by atoms with van der Waals surface area (Å²) < 4.78 is 5.17. The van der Waals surface area contributed by atoms with Crippen LogP contribution in [0.5, 0.6) is 0 Å². The molecule has 0 saturated heterocycles. The quantitative estimate of drug-likeness (QED) is 0.783. The highest BCUT2D eigenvalue weighted by Crippen LogP contribution is 2.36. The van der Waals surface area contributed by atoms with E-state index in [2.05, 4.69) is 22.1 Å². The number of rotatable bonds is 8. The summed E-state index contributed by atoms with van der Waals surface area (Å²) in [5, 5.41) is 6.79. The maximum atomic E-state index is 6.05. The molecule has 0 atom stereocenters. The summed E-state index contributed by atoms with van der Waals surface area (Å²) in [7, 11) is 3.63. The summed E-state index contributed by atoms with van der Waals surface area (Å²) in [5.41, 5.74) is 1.04. The number of anilines is 1. The molecule has 0 aliphatic heterocycles. The molecule has 4 nitrogen and oxygen atoms in total. The Morgan fingerprint density at radius 2 is 2.29 bits per heavy atom. The fourth-order valence-corrected chi connectivity index (χ4v) is 4.09. The Labute approximate surface area is 138 Å². The van der Waals surface area contributed by atoms with E-state index in [1.165, 1.54) is 4.88 Å². The molecule has 0 fully saturated rings. The minimum Gasteiger partial charge on any atom is -0.383 e. The highest BCUT2D eigenvalue weighted by molar-refractivity contribution is 7.17. The Balaban J connectivity index is 2.23. The fourth-order valence-electron chi connectivity index (χ4n) is 1.97. The van der Waals surface area contributed by atoms with Gasteiger partial charge in [0, 0.05) is 37.5 Å². The van der Waals surface area contributed by atoms with E-state index >= 15 is 0 Å². The highest BCUT2D eigenvalue weighted by Gasteiger charge is 2.16. The molecule has 0 amide bonds. The first-order chi connectivity index (χ1) is 10.2. The van der Waals surface area contributed by atoms with Gasteiger partial charge in [0.15, 0.2) is 5.13 Å². The minimum absolute atomic E-state index is 0.742. The fraction of sp³-hybridized carbons (Fsp3) is 0.500. The molecular formula is C14H20ClN3OS2. The number of hydrogen-bond donors (Lipinski definition) is 1.